The molecule has 290 valence electrons. The van der Waals surface area contributed by atoms with Gasteiger partial charge in [0.1, 0.15) is 26.4 Å². The van der Waals surface area contributed by atoms with Crippen LogP contribution >= 0.6 is 0 Å². The van der Waals surface area contributed by atoms with E-state index in [0.717, 1.165) is 18.2 Å². The van der Waals surface area contributed by atoms with Crippen molar-refractivity contribution in [2.24, 2.45) is 0 Å². The number of ether oxygens (including phenoxy) is 8. The van der Waals surface area contributed by atoms with E-state index in [2.05, 4.69) is 22.5 Å². The van der Waals surface area contributed by atoms with Crippen molar-refractivity contribution < 1.29 is 70.3 Å². The number of esters is 2. The maximum Gasteiger partial charge on any atom is 0.407 e. The van der Waals surface area contributed by atoms with Gasteiger partial charge < -0.3 is 53.8 Å². The van der Waals surface area contributed by atoms with Crippen LogP contribution in [0.5, 0.6) is 0 Å². The summed E-state index contributed by atoms with van der Waals surface area (Å²) in [5.74, 6) is -2.11. The average molecular weight is 743 g/mol. The van der Waals surface area contributed by atoms with Gasteiger partial charge in [-0.25, -0.2) is 27.6 Å². The van der Waals surface area contributed by atoms with Gasteiger partial charge in [0.15, 0.2) is 9.84 Å². The first kappa shape index (κ1) is 46.4. The molecule has 0 aliphatic heterocycles. The summed E-state index contributed by atoms with van der Waals surface area (Å²) in [6.07, 6.45) is 0.402. The maximum absolute atomic E-state index is 12.4. The van der Waals surface area contributed by atoms with Gasteiger partial charge in [0.05, 0.1) is 65.2 Å². The second-order valence-electron chi connectivity index (χ2n) is 10.1. The fourth-order valence-corrected chi connectivity index (χ4v) is 3.85. The average Bonchev–Trinajstić information content (AvgIpc) is 3.08. The molecule has 0 aromatic carbocycles. The third kappa shape index (κ3) is 30.5. The van der Waals surface area contributed by atoms with Gasteiger partial charge in [-0.3, -0.25) is 9.69 Å². The van der Waals surface area contributed by atoms with Crippen LogP contribution < -0.4 is 16.0 Å². The Balaban J connectivity index is 4.36. The molecule has 0 aliphatic carbocycles. The lowest BCUT2D eigenvalue weighted by Gasteiger charge is -2.21. The van der Waals surface area contributed by atoms with Crippen LogP contribution in [0.15, 0.2) is 12.0 Å². The first-order valence-corrected chi connectivity index (χ1v) is 18.0. The molecule has 0 unspecified atom stereocenters. The first-order valence-electron chi connectivity index (χ1n) is 16.3. The molecular weight excluding hydrogens is 688 g/mol. The van der Waals surface area contributed by atoms with Crippen LogP contribution in [0.1, 0.15) is 26.7 Å². The van der Waals surface area contributed by atoms with Gasteiger partial charge in [-0.1, -0.05) is 20.4 Å². The van der Waals surface area contributed by atoms with E-state index in [9.17, 15) is 32.4 Å². The lowest BCUT2D eigenvalue weighted by Crippen LogP contribution is -2.42. The van der Waals surface area contributed by atoms with Gasteiger partial charge in [-0.15, -0.1) is 0 Å². The number of nitrogens with one attached hydrogen (secondary N) is 3. The number of amides is 3. The highest BCUT2D eigenvalue weighted by Crippen LogP contribution is 1.94. The molecule has 0 atom stereocenters. The van der Waals surface area contributed by atoms with E-state index >= 15 is 0 Å². The second-order valence-corrected chi connectivity index (χ2v) is 12.1. The number of carbonyl (C=O) groups is 5. The molecule has 3 N–H and O–H groups in total. The number of rotatable bonds is 32. The van der Waals surface area contributed by atoms with Crippen LogP contribution in [0.2, 0.25) is 0 Å². The predicted molar refractivity (Wildman–Crippen MR) is 178 cm³/mol. The molecule has 0 rings (SSSR count). The summed E-state index contributed by atoms with van der Waals surface area (Å²) in [5.41, 5.74) is 0. The lowest BCUT2D eigenvalue weighted by atomic mass is 10.4. The third-order valence-corrected chi connectivity index (χ3v) is 7.04. The maximum atomic E-state index is 12.4. The normalized spacial score (nSPS) is 11.0. The van der Waals surface area contributed by atoms with Gasteiger partial charge in [0, 0.05) is 38.1 Å². The summed E-state index contributed by atoms with van der Waals surface area (Å²) in [7, 11) is -3.49. The van der Waals surface area contributed by atoms with Crippen LogP contribution in [0.4, 0.5) is 9.59 Å². The van der Waals surface area contributed by atoms with Crippen molar-refractivity contribution in [3.05, 3.63) is 12.0 Å². The molecule has 20 heteroatoms. The minimum Gasteiger partial charge on any atom is -0.463 e. The fourth-order valence-electron chi connectivity index (χ4n) is 3.30. The number of carbonyl (C=O) groups excluding carboxylic acids is 5. The molecule has 0 heterocycles. The minimum absolute atomic E-state index is 0.0947. The van der Waals surface area contributed by atoms with E-state index < -0.39 is 39.9 Å². The van der Waals surface area contributed by atoms with Gasteiger partial charge >= 0.3 is 24.1 Å². The highest BCUT2D eigenvalue weighted by molar-refractivity contribution is 7.94. The lowest BCUT2D eigenvalue weighted by molar-refractivity contribution is -0.150. The number of hydrogen-bond donors (Lipinski definition) is 3. The summed E-state index contributed by atoms with van der Waals surface area (Å²) in [6.45, 7) is 8.22. The summed E-state index contributed by atoms with van der Waals surface area (Å²) in [6, 6.07) is 0. The smallest absolute Gasteiger partial charge is 0.407 e. The Kier molecular flexibility index (Phi) is 29.2. The molecular formula is C30H54N4O15S. The number of hydrogen-bond acceptors (Lipinski definition) is 16. The Labute approximate surface area is 293 Å². The van der Waals surface area contributed by atoms with Gasteiger partial charge in [-0.05, 0) is 12.8 Å². The van der Waals surface area contributed by atoms with Crippen molar-refractivity contribution in [2.45, 2.75) is 26.7 Å². The largest absolute Gasteiger partial charge is 0.463 e. The Morgan fingerprint density at radius 3 is 1.50 bits per heavy atom. The molecule has 0 spiro atoms. The zero-order valence-electron chi connectivity index (χ0n) is 29.1. The molecule has 19 nitrogen and oxygen atoms in total. The van der Waals surface area contributed by atoms with Crippen molar-refractivity contribution in [3.63, 3.8) is 0 Å². The molecule has 0 aromatic heterocycles. The van der Waals surface area contributed by atoms with E-state index in [1.807, 2.05) is 13.8 Å². The molecule has 0 radical (unpaired) electrons. The fraction of sp³-hybridized carbons (Fsp3) is 0.767. The SMILES string of the molecule is C=CS(=O)(=O)CCNC(=O)CN(CCOC(=O)COCCOCCNC(=O)OCCC)CCOC(=O)COCCOCCNC(=O)OCCC. The number of sulfone groups is 1. The van der Waals surface area contributed by atoms with Crippen LogP contribution in [0.3, 0.4) is 0 Å². The monoisotopic (exact) mass is 742 g/mol. The predicted octanol–water partition coefficient (Wildman–Crippen LogP) is -0.612. The van der Waals surface area contributed by atoms with Crippen molar-refractivity contribution in [2.75, 3.05) is 124 Å². The quantitative estimate of drug-likeness (QED) is 0.0443. The number of alkyl carbamates (subject to hydrolysis) is 2. The van der Waals surface area contributed by atoms with Gasteiger partial charge in [0.2, 0.25) is 5.91 Å². The first-order chi connectivity index (χ1) is 24.0. The third-order valence-electron chi connectivity index (χ3n) is 5.76. The molecule has 0 saturated carbocycles. The van der Waals surface area contributed by atoms with E-state index in [4.69, 9.17) is 37.9 Å². The van der Waals surface area contributed by atoms with Crippen LogP contribution in [-0.4, -0.2) is 168 Å². The molecule has 3 amide bonds. The second kappa shape index (κ2) is 31.4. The van der Waals surface area contributed by atoms with Crippen LogP contribution in [-0.2, 0) is 62.1 Å². The molecule has 0 saturated heterocycles. The van der Waals surface area contributed by atoms with Crippen molar-refractivity contribution in [1.29, 1.82) is 0 Å². The molecule has 0 fully saturated rings. The van der Waals surface area contributed by atoms with Crippen molar-refractivity contribution >= 4 is 39.9 Å². The molecule has 0 aromatic rings. The summed E-state index contributed by atoms with van der Waals surface area (Å²) in [4.78, 5) is 60.7. The van der Waals surface area contributed by atoms with Crippen LogP contribution in [0, 0.1) is 0 Å². The zero-order chi connectivity index (χ0) is 37.3. The molecule has 0 aliphatic rings. The van der Waals surface area contributed by atoms with E-state index in [0.29, 0.717) is 13.2 Å². The minimum atomic E-state index is -3.49. The Morgan fingerprint density at radius 1 is 0.600 bits per heavy atom. The Bertz CT molecular complexity index is 1020. The van der Waals surface area contributed by atoms with E-state index in [1.165, 1.54) is 0 Å². The molecule has 50 heavy (non-hydrogen) atoms. The Hall–Kier alpha value is -3.56. The van der Waals surface area contributed by atoms with Crippen molar-refractivity contribution in [1.82, 2.24) is 20.9 Å². The van der Waals surface area contributed by atoms with E-state index in [1.54, 1.807) is 4.90 Å². The zero-order valence-corrected chi connectivity index (χ0v) is 29.9. The van der Waals surface area contributed by atoms with E-state index in [-0.39, 0.29) is 111 Å². The highest BCUT2D eigenvalue weighted by atomic mass is 32.2. The topological polar surface area (TPSA) is 233 Å². The Morgan fingerprint density at radius 2 is 1.06 bits per heavy atom. The van der Waals surface area contributed by atoms with Crippen molar-refractivity contribution in [3.8, 4) is 0 Å². The summed E-state index contributed by atoms with van der Waals surface area (Å²) in [5, 5.41) is 8.35. The summed E-state index contributed by atoms with van der Waals surface area (Å²) >= 11 is 0. The highest BCUT2D eigenvalue weighted by Gasteiger charge is 2.15. The van der Waals surface area contributed by atoms with Gasteiger partial charge in [-0.2, -0.15) is 0 Å². The van der Waals surface area contributed by atoms with Crippen LogP contribution in [0.25, 0.3) is 0 Å². The standard InChI is InChI=1S/C30H54N4O15S/c1-4-12-48-29(38)32-7-14-42-18-20-44-24-27(36)46-16-10-34(23-26(35)31-9-22-50(40,41)6-3)11-17-47-28(37)25-45-21-19-43-15-8-33-30(39)49-13-5-2/h6H,3-5,7-25H2,1-2H3,(H,31,35)(H,32,38)(H,33,39). The van der Waals surface area contributed by atoms with Gasteiger partial charge in [0.25, 0.3) is 0 Å². The summed E-state index contributed by atoms with van der Waals surface area (Å²) < 4.78 is 64.2. The number of nitrogens with zero attached hydrogens (tertiary/aromatic N) is 1. The molecule has 0 bridgehead atoms.